The predicted molar refractivity (Wildman–Crippen MR) is 105 cm³/mol. The smallest absolute Gasteiger partial charge is 0.252 e. The van der Waals surface area contributed by atoms with Gasteiger partial charge in [0.05, 0.1) is 17.4 Å². The number of pyridine rings is 2. The molecule has 0 unspecified atom stereocenters. The molecule has 0 bridgehead atoms. The average Bonchev–Trinajstić information content (AvgIpc) is 2.68. The van der Waals surface area contributed by atoms with Crippen molar-refractivity contribution in [1.82, 2.24) is 15.3 Å². The fourth-order valence-electron chi connectivity index (χ4n) is 3.04. The van der Waals surface area contributed by atoms with Crippen LogP contribution in [0, 0.1) is 5.92 Å². The molecular formula is C20H27N5O. The van der Waals surface area contributed by atoms with Crippen molar-refractivity contribution >= 4 is 17.4 Å². The molecule has 1 amide bonds. The summed E-state index contributed by atoms with van der Waals surface area (Å²) in [4.78, 5) is 25.6. The monoisotopic (exact) mass is 353 g/mol. The van der Waals surface area contributed by atoms with Crippen molar-refractivity contribution in [1.29, 1.82) is 0 Å². The number of piperazine rings is 1. The van der Waals surface area contributed by atoms with Crippen LogP contribution in [0.5, 0.6) is 0 Å². The molecule has 1 aliphatic heterocycles. The summed E-state index contributed by atoms with van der Waals surface area (Å²) in [5.74, 6) is 1.55. The van der Waals surface area contributed by atoms with E-state index in [9.17, 15) is 4.79 Å². The van der Waals surface area contributed by atoms with E-state index in [0.29, 0.717) is 18.0 Å². The van der Waals surface area contributed by atoms with Gasteiger partial charge in [0.1, 0.15) is 5.82 Å². The van der Waals surface area contributed by atoms with Gasteiger partial charge in [0.25, 0.3) is 5.91 Å². The molecule has 138 valence electrons. The highest BCUT2D eigenvalue weighted by Gasteiger charge is 2.19. The van der Waals surface area contributed by atoms with Gasteiger partial charge in [-0.05, 0) is 30.5 Å². The summed E-state index contributed by atoms with van der Waals surface area (Å²) in [6.45, 7) is 8.58. The molecule has 1 aliphatic rings. The zero-order valence-corrected chi connectivity index (χ0v) is 15.6. The van der Waals surface area contributed by atoms with Crippen LogP contribution in [0.25, 0.3) is 0 Å². The number of nitrogens with zero attached hydrogens (tertiary/aromatic N) is 4. The Hall–Kier alpha value is -2.63. The minimum absolute atomic E-state index is 0.0490. The number of nitrogens with one attached hydrogen (secondary N) is 1. The van der Waals surface area contributed by atoms with Gasteiger partial charge in [-0.1, -0.05) is 19.9 Å². The van der Waals surface area contributed by atoms with Gasteiger partial charge in [0.15, 0.2) is 0 Å². The molecule has 26 heavy (non-hydrogen) atoms. The van der Waals surface area contributed by atoms with Crippen LogP contribution in [0.15, 0.2) is 42.9 Å². The lowest BCUT2D eigenvalue weighted by atomic mass is 10.1. The van der Waals surface area contributed by atoms with Crippen molar-refractivity contribution in [2.45, 2.75) is 20.3 Å². The minimum atomic E-state index is -0.0490. The van der Waals surface area contributed by atoms with Crippen molar-refractivity contribution < 1.29 is 4.79 Å². The first kappa shape index (κ1) is 18.2. The van der Waals surface area contributed by atoms with E-state index in [1.165, 1.54) is 0 Å². The number of hydrogen-bond acceptors (Lipinski definition) is 5. The molecule has 1 fully saturated rings. The Kier molecular flexibility index (Phi) is 6.04. The molecule has 0 atom stereocenters. The van der Waals surface area contributed by atoms with Crippen molar-refractivity contribution in [3.63, 3.8) is 0 Å². The molecule has 0 radical (unpaired) electrons. The second kappa shape index (κ2) is 8.65. The topological polar surface area (TPSA) is 61.4 Å². The summed E-state index contributed by atoms with van der Waals surface area (Å²) in [6.07, 6.45) is 6.28. The number of anilines is 2. The quantitative estimate of drug-likeness (QED) is 0.865. The average molecular weight is 353 g/mol. The van der Waals surface area contributed by atoms with Crippen LogP contribution in [-0.2, 0) is 0 Å². The predicted octanol–water partition coefficient (Wildman–Crippen LogP) is 2.58. The number of carbonyl (C=O) groups excluding carboxylic acids is 1. The lowest BCUT2D eigenvalue weighted by Gasteiger charge is -2.36. The second-order valence-corrected chi connectivity index (χ2v) is 7.03. The van der Waals surface area contributed by atoms with Crippen LogP contribution in [0.1, 0.15) is 30.6 Å². The Morgan fingerprint density at radius 2 is 1.92 bits per heavy atom. The molecular weight excluding hydrogens is 326 g/mol. The normalized spacial score (nSPS) is 14.6. The van der Waals surface area contributed by atoms with E-state index < -0.39 is 0 Å². The summed E-state index contributed by atoms with van der Waals surface area (Å²) < 4.78 is 0. The van der Waals surface area contributed by atoms with Gasteiger partial charge in [-0.3, -0.25) is 9.78 Å². The van der Waals surface area contributed by atoms with Gasteiger partial charge in [0, 0.05) is 45.1 Å². The minimum Gasteiger partial charge on any atom is -0.367 e. The number of amides is 1. The number of rotatable bonds is 6. The summed E-state index contributed by atoms with van der Waals surface area (Å²) in [7, 11) is 0. The molecule has 2 aromatic rings. The molecule has 0 saturated carbocycles. The third-order valence-corrected chi connectivity index (χ3v) is 4.61. The highest BCUT2D eigenvalue weighted by Crippen LogP contribution is 2.19. The Morgan fingerprint density at radius 3 is 2.62 bits per heavy atom. The van der Waals surface area contributed by atoms with E-state index >= 15 is 0 Å². The van der Waals surface area contributed by atoms with Gasteiger partial charge in [0.2, 0.25) is 0 Å². The maximum atomic E-state index is 12.3. The van der Waals surface area contributed by atoms with Crippen molar-refractivity contribution in [3.8, 4) is 0 Å². The molecule has 6 heteroatoms. The van der Waals surface area contributed by atoms with Crippen LogP contribution in [-0.4, -0.2) is 48.6 Å². The van der Waals surface area contributed by atoms with E-state index in [4.69, 9.17) is 0 Å². The Labute approximate surface area is 155 Å². The summed E-state index contributed by atoms with van der Waals surface area (Å²) in [5, 5.41) is 2.98. The molecule has 1 saturated heterocycles. The van der Waals surface area contributed by atoms with E-state index in [1.807, 2.05) is 36.7 Å². The number of hydrogen-bond donors (Lipinski definition) is 1. The third kappa shape index (κ3) is 4.71. The van der Waals surface area contributed by atoms with Gasteiger partial charge in [-0.15, -0.1) is 0 Å². The van der Waals surface area contributed by atoms with Gasteiger partial charge >= 0.3 is 0 Å². The first-order chi connectivity index (χ1) is 12.6. The maximum absolute atomic E-state index is 12.3. The first-order valence-electron chi connectivity index (χ1n) is 9.27. The molecule has 1 N–H and O–H groups in total. The number of carbonyl (C=O) groups is 1. The lowest BCUT2D eigenvalue weighted by Crippen LogP contribution is -2.46. The molecule has 0 aliphatic carbocycles. The number of aromatic nitrogens is 2. The molecule has 3 rings (SSSR count). The van der Waals surface area contributed by atoms with Crippen LogP contribution in [0.3, 0.4) is 0 Å². The Balaban J connectivity index is 1.58. The standard InChI is InChI=1S/C20H27N5O/c1-16(2)6-8-23-20(26)17-13-18(15-21-14-17)24-9-11-25(12-10-24)19-5-3-4-7-22-19/h3-5,7,13-16H,6,8-12H2,1-2H3,(H,23,26). The van der Waals surface area contributed by atoms with Crippen LogP contribution < -0.4 is 15.1 Å². The van der Waals surface area contributed by atoms with Crippen molar-refractivity contribution in [3.05, 3.63) is 48.4 Å². The highest BCUT2D eigenvalue weighted by atomic mass is 16.1. The molecule has 0 aromatic carbocycles. The van der Waals surface area contributed by atoms with Crippen LogP contribution >= 0.6 is 0 Å². The van der Waals surface area contributed by atoms with E-state index in [2.05, 4.69) is 38.9 Å². The first-order valence-corrected chi connectivity index (χ1v) is 9.27. The summed E-state index contributed by atoms with van der Waals surface area (Å²) in [5.41, 5.74) is 1.63. The van der Waals surface area contributed by atoms with Crippen molar-refractivity contribution in [2.75, 3.05) is 42.5 Å². The zero-order valence-electron chi connectivity index (χ0n) is 15.6. The molecule has 3 heterocycles. The Morgan fingerprint density at radius 1 is 1.15 bits per heavy atom. The maximum Gasteiger partial charge on any atom is 0.252 e. The highest BCUT2D eigenvalue weighted by molar-refractivity contribution is 5.94. The van der Waals surface area contributed by atoms with E-state index in [-0.39, 0.29) is 5.91 Å². The van der Waals surface area contributed by atoms with Gasteiger partial charge in [-0.2, -0.15) is 0 Å². The fraction of sp³-hybridized carbons (Fsp3) is 0.450. The van der Waals surface area contributed by atoms with Crippen LogP contribution in [0.2, 0.25) is 0 Å². The molecule has 0 spiro atoms. The Bertz CT molecular complexity index is 711. The van der Waals surface area contributed by atoms with Gasteiger partial charge in [-0.25, -0.2) is 4.98 Å². The summed E-state index contributed by atoms with van der Waals surface area (Å²) >= 11 is 0. The lowest BCUT2D eigenvalue weighted by molar-refractivity contribution is 0.0951. The van der Waals surface area contributed by atoms with E-state index in [0.717, 1.165) is 44.1 Å². The van der Waals surface area contributed by atoms with Gasteiger partial charge < -0.3 is 15.1 Å². The second-order valence-electron chi connectivity index (χ2n) is 7.03. The van der Waals surface area contributed by atoms with E-state index in [1.54, 1.807) is 6.20 Å². The fourth-order valence-corrected chi connectivity index (χ4v) is 3.04. The third-order valence-electron chi connectivity index (χ3n) is 4.61. The zero-order chi connectivity index (χ0) is 18.4. The largest absolute Gasteiger partial charge is 0.367 e. The van der Waals surface area contributed by atoms with Crippen LogP contribution in [0.4, 0.5) is 11.5 Å². The molecule has 2 aromatic heterocycles. The van der Waals surface area contributed by atoms with Crippen molar-refractivity contribution in [2.24, 2.45) is 5.92 Å². The summed E-state index contributed by atoms with van der Waals surface area (Å²) in [6, 6.07) is 7.93. The molecule has 6 nitrogen and oxygen atoms in total. The SMILES string of the molecule is CC(C)CCNC(=O)c1cncc(N2CCN(c3ccccn3)CC2)c1.